The Bertz CT molecular complexity index is 352. The van der Waals surface area contributed by atoms with Gasteiger partial charge in [-0.2, -0.15) is 0 Å². The molecule has 1 nitrogen and oxygen atoms in total. The van der Waals surface area contributed by atoms with E-state index in [4.69, 9.17) is 17.3 Å². The Morgan fingerprint density at radius 1 is 1.36 bits per heavy atom. The zero-order valence-corrected chi connectivity index (χ0v) is 8.21. The smallest absolute Gasteiger partial charge is 0.180 e. The molecule has 0 saturated heterocycles. The van der Waals surface area contributed by atoms with Crippen LogP contribution >= 0.6 is 11.6 Å². The minimum Gasteiger partial charge on any atom is -0.328 e. The summed E-state index contributed by atoms with van der Waals surface area (Å²) >= 11 is 5.24. The molecule has 0 fully saturated rings. The molecule has 0 aliphatic rings. The summed E-state index contributed by atoms with van der Waals surface area (Å²) in [5.74, 6) is -3.47. The molecule has 0 radical (unpaired) electrons. The second-order valence-electron chi connectivity index (χ2n) is 3.14. The minimum atomic E-state index is -1.36. The molecule has 1 atom stereocenters. The predicted molar refractivity (Wildman–Crippen MR) is 48.7 cm³/mol. The average Bonchev–Trinajstić information content (AvgIpc) is 2.10. The molecule has 1 unspecified atom stereocenters. The van der Waals surface area contributed by atoms with Crippen LogP contribution in [0.15, 0.2) is 6.07 Å². The van der Waals surface area contributed by atoms with Crippen molar-refractivity contribution in [3.63, 3.8) is 0 Å². The van der Waals surface area contributed by atoms with Gasteiger partial charge < -0.3 is 5.73 Å². The molecule has 0 amide bonds. The maximum Gasteiger partial charge on any atom is 0.180 e. The SMILES string of the molecule is CC(N)Cc1cc(F)c(F)c(Cl)c1F. The zero-order valence-electron chi connectivity index (χ0n) is 7.45. The number of hydrogen-bond acceptors (Lipinski definition) is 1. The molecule has 0 saturated carbocycles. The van der Waals surface area contributed by atoms with Crippen molar-refractivity contribution < 1.29 is 13.2 Å². The van der Waals surface area contributed by atoms with E-state index in [1.54, 1.807) is 6.92 Å². The van der Waals surface area contributed by atoms with E-state index >= 15 is 0 Å². The lowest BCUT2D eigenvalue weighted by molar-refractivity contribution is 0.488. The third kappa shape index (κ3) is 2.19. The molecule has 1 aromatic carbocycles. The van der Waals surface area contributed by atoms with Gasteiger partial charge in [0.1, 0.15) is 10.8 Å². The average molecular weight is 224 g/mol. The van der Waals surface area contributed by atoms with Crippen molar-refractivity contribution in [2.45, 2.75) is 19.4 Å². The Morgan fingerprint density at radius 2 is 1.93 bits per heavy atom. The molecule has 0 spiro atoms. The highest BCUT2D eigenvalue weighted by Crippen LogP contribution is 2.25. The maximum absolute atomic E-state index is 13.2. The van der Waals surface area contributed by atoms with E-state index in [1.165, 1.54) is 0 Å². The van der Waals surface area contributed by atoms with Crippen molar-refractivity contribution in [1.29, 1.82) is 0 Å². The molecule has 1 aromatic rings. The number of rotatable bonds is 2. The van der Waals surface area contributed by atoms with E-state index in [1.807, 2.05) is 0 Å². The summed E-state index contributed by atoms with van der Waals surface area (Å²) in [6.07, 6.45) is 0.114. The van der Waals surface area contributed by atoms with Gasteiger partial charge in [-0.3, -0.25) is 0 Å². The largest absolute Gasteiger partial charge is 0.328 e. The summed E-state index contributed by atoms with van der Waals surface area (Å²) < 4.78 is 38.7. The van der Waals surface area contributed by atoms with Gasteiger partial charge in [-0.1, -0.05) is 11.6 Å². The number of hydrogen-bond donors (Lipinski definition) is 1. The van der Waals surface area contributed by atoms with Crippen LogP contribution in [0.2, 0.25) is 5.02 Å². The topological polar surface area (TPSA) is 26.0 Å². The van der Waals surface area contributed by atoms with Crippen LogP contribution < -0.4 is 5.73 Å². The Balaban J connectivity index is 3.19. The minimum absolute atomic E-state index is 0.0103. The third-order valence-electron chi connectivity index (χ3n) is 1.72. The van der Waals surface area contributed by atoms with Crippen LogP contribution in [0.3, 0.4) is 0 Å². The van der Waals surface area contributed by atoms with Gasteiger partial charge in [0.15, 0.2) is 11.6 Å². The van der Waals surface area contributed by atoms with Gasteiger partial charge in [-0.15, -0.1) is 0 Å². The van der Waals surface area contributed by atoms with Crippen LogP contribution in [0, 0.1) is 17.5 Å². The standard InChI is InChI=1S/C9H9ClF3N/c1-4(14)2-5-3-6(11)9(13)7(10)8(5)12/h3-4H,2,14H2,1H3. The molecule has 1 rings (SSSR count). The zero-order chi connectivity index (χ0) is 10.9. The molecule has 0 aliphatic carbocycles. The fourth-order valence-electron chi connectivity index (χ4n) is 1.12. The van der Waals surface area contributed by atoms with Gasteiger partial charge in [-0.25, -0.2) is 13.2 Å². The van der Waals surface area contributed by atoms with Gasteiger partial charge in [-0.05, 0) is 25.0 Å². The lowest BCUT2D eigenvalue weighted by atomic mass is 10.1. The van der Waals surface area contributed by atoms with Crippen LogP contribution in [-0.4, -0.2) is 6.04 Å². The van der Waals surface area contributed by atoms with Gasteiger partial charge in [0.2, 0.25) is 0 Å². The first-order valence-corrected chi connectivity index (χ1v) is 4.38. The van der Waals surface area contributed by atoms with E-state index in [-0.39, 0.29) is 18.0 Å². The Kier molecular flexibility index (Phi) is 3.39. The first-order chi connectivity index (χ1) is 6.43. The van der Waals surface area contributed by atoms with Crippen molar-refractivity contribution in [2.24, 2.45) is 5.73 Å². The Labute approximate surface area is 84.7 Å². The molecular formula is C9H9ClF3N. The quantitative estimate of drug-likeness (QED) is 0.605. The van der Waals surface area contributed by atoms with Crippen molar-refractivity contribution in [2.75, 3.05) is 0 Å². The van der Waals surface area contributed by atoms with Crippen LogP contribution in [0.1, 0.15) is 12.5 Å². The van der Waals surface area contributed by atoms with Crippen molar-refractivity contribution in [1.82, 2.24) is 0 Å². The van der Waals surface area contributed by atoms with Gasteiger partial charge in [0, 0.05) is 6.04 Å². The summed E-state index contributed by atoms with van der Waals surface area (Å²) in [6.45, 7) is 1.63. The normalized spacial score (nSPS) is 13.0. The van der Waals surface area contributed by atoms with Crippen molar-refractivity contribution >= 4 is 11.6 Å². The van der Waals surface area contributed by atoms with Crippen LogP contribution in [0.25, 0.3) is 0 Å². The number of nitrogens with two attached hydrogens (primary N) is 1. The summed E-state index contributed by atoms with van der Waals surface area (Å²) in [6, 6.07) is 0.435. The predicted octanol–water partition coefficient (Wildman–Crippen LogP) is 2.65. The van der Waals surface area contributed by atoms with E-state index < -0.39 is 22.5 Å². The fraction of sp³-hybridized carbons (Fsp3) is 0.333. The summed E-state index contributed by atoms with van der Waals surface area (Å²) in [7, 11) is 0. The Morgan fingerprint density at radius 3 is 2.43 bits per heavy atom. The second kappa shape index (κ2) is 4.19. The van der Waals surface area contributed by atoms with E-state index in [0.717, 1.165) is 6.07 Å². The molecular weight excluding hydrogens is 215 g/mol. The molecule has 14 heavy (non-hydrogen) atoms. The fourth-order valence-corrected chi connectivity index (χ4v) is 1.33. The molecule has 5 heteroatoms. The van der Waals surface area contributed by atoms with Gasteiger partial charge >= 0.3 is 0 Å². The first kappa shape index (κ1) is 11.3. The van der Waals surface area contributed by atoms with Crippen molar-refractivity contribution in [3.05, 3.63) is 34.1 Å². The highest BCUT2D eigenvalue weighted by atomic mass is 35.5. The first-order valence-electron chi connectivity index (χ1n) is 4.01. The molecule has 0 aliphatic heterocycles. The van der Waals surface area contributed by atoms with Gasteiger partial charge in [0.25, 0.3) is 0 Å². The van der Waals surface area contributed by atoms with E-state index in [0.29, 0.717) is 0 Å². The molecule has 0 bridgehead atoms. The maximum atomic E-state index is 13.2. The molecule has 0 aromatic heterocycles. The highest BCUT2D eigenvalue weighted by molar-refractivity contribution is 6.31. The highest BCUT2D eigenvalue weighted by Gasteiger charge is 2.17. The monoisotopic (exact) mass is 223 g/mol. The van der Waals surface area contributed by atoms with E-state index in [2.05, 4.69) is 0 Å². The summed E-state index contributed by atoms with van der Waals surface area (Å²) in [5, 5.41) is -0.819. The lowest BCUT2D eigenvalue weighted by Gasteiger charge is -2.08. The number of halogens is 4. The second-order valence-corrected chi connectivity index (χ2v) is 3.52. The van der Waals surface area contributed by atoms with Crippen LogP contribution in [-0.2, 0) is 6.42 Å². The van der Waals surface area contributed by atoms with Crippen LogP contribution in [0.4, 0.5) is 13.2 Å². The lowest BCUT2D eigenvalue weighted by Crippen LogP contribution is -2.19. The molecule has 2 N–H and O–H groups in total. The Hall–Kier alpha value is -0.740. The third-order valence-corrected chi connectivity index (χ3v) is 2.05. The number of benzene rings is 1. The van der Waals surface area contributed by atoms with Crippen molar-refractivity contribution in [3.8, 4) is 0 Å². The van der Waals surface area contributed by atoms with E-state index in [9.17, 15) is 13.2 Å². The molecule has 0 heterocycles. The van der Waals surface area contributed by atoms with Crippen LogP contribution in [0.5, 0.6) is 0 Å². The summed E-state index contributed by atoms with van der Waals surface area (Å²) in [4.78, 5) is 0. The van der Waals surface area contributed by atoms with Gasteiger partial charge in [0.05, 0.1) is 0 Å². The molecule has 78 valence electrons. The summed E-state index contributed by atoms with van der Waals surface area (Å²) in [5.41, 5.74) is 5.40.